The first-order valence-electron chi connectivity index (χ1n) is 9.41. The fraction of sp³-hybridized carbons (Fsp3) is 0.944. The molecule has 0 spiro atoms. The zero-order valence-corrected chi connectivity index (χ0v) is 14.2. The van der Waals surface area contributed by atoms with Crippen LogP contribution in [0.2, 0.25) is 0 Å². The summed E-state index contributed by atoms with van der Waals surface area (Å²) in [6.07, 6.45) is 11.9. The highest BCUT2D eigenvalue weighted by Gasteiger charge is 2.29. The van der Waals surface area contributed by atoms with Crippen LogP contribution in [0.5, 0.6) is 0 Å². The van der Waals surface area contributed by atoms with Gasteiger partial charge in [0.15, 0.2) is 0 Å². The summed E-state index contributed by atoms with van der Waals surface area (Å²) in [7, 11) is 0. The van der Waals surface area contributed by atoms with Crippen LogP contribution in [0, 0.1) is 11.8 Å². The van der Waals surface area contributed by atoms with Crippen molar-refractivity contribution in [2.24, 2.45) is 11.8 Å². The van der Waals surface area contributed by atoms with Gasteiger partial charge in [-0.15, -0.1) is 0 Å². The molecule has 2 unspecified atom stereocenters. The summed E-state index contributed by atoms with van der Waals surface area (Å²) in [6, 6.07) is 0.173. The number of amides is 1. The molecule has 1 heterocycles. The molecule has 3 atom stereocenters. The Morgan fingerprint density at radius 3 is 2.77 bits per heavy atom. The fourth-order valence-corrected chi connectivity index (χ4v) is 4.34. The van der Waals surface area contributed by atoms with E-state index in [1.165, 1.54) is 70.9 Å². The second kappa shape index (κ2) is 9.39. The molecule has 0 bridgehead atoms. The van der Waals surface area contributed by atoms with Gasteiger partial charge in [-0.3, -0.25) is 0 Å². The molecule has 4 nitrogen and oxygen atoms in total. The monoisotopic (exact) mass is 310 g/mol. The number of piperidine rings is 1. The van der Waals surface area contributed by atoms with Crippen LogP contribution in [0.3, 0.4) is 0 Å². The molecular weight excluding hydrogens is 276 g/mol. The molecule has 4 heteroatoms. The quantitative estimate of drug-likeness (QED) is 0.696. The smallest absolute Gasteiger partial charge is 0.404 e. The number of nitrogens with one attached hydrogen (secondary N) is 1. The normalized spacial score (nSPS) is 30.1. The lowest BCUT2D eigenvalue weighted by molar-refractivity contribution is 0.114. The molecule has 2 aliphatic rings. The van der Waals surface area contributed by atoms with Gasteiger partial charge in [0, 0.05) is 19.1 Å². The molecule has 128 valence electrons. The number of nitrogens with zero attached hydrogens (tertiary/aromatic N) is 1. The van der Waals surface area contributed by atoms with Crippen LogP contribution in [0.15, 0.2) is 0 Å². The van der Waals surface area contributed by atoms with E-state index in [1.54, 1.807) is 0 Å². The van der Waals surface area contributed by atoms with Crippen molar-refractivity contribution in [1.29, 1.82) is 0 Å². The summed E-state index contributed by atoms with van der Waals surface area (Å²) < 4.78 is 0. The van der Waals surface area contributed by atoms with Crippen LogP contribution in [-0.2, 0) is 0 Å². The number of carbonyl (C=O) groups is 1. The average molecular weight is 310 g/mol. The lowest BCUT2D eigenvalue weighted by Crippen LogP contribution is -2.47. The van der Waals surface area contributed by atoms with E-state index < -0.39 is 6.09 Å². The van der Waals surface area contributed by atoms with Crippen molar-refractivity contribution < 1.29 is 9.90 Å². The zero-order valence-electron chi connectivity index (χ0n) is 14.2. The van der Waals surface area contributed by atoms with E-state index in [9.17, 15) is 4.79 Å². The second-order valence-corrected chi connectivity index (χ2v) is 7.36. The van der Waals surface area contributed by atoms with Crippen molar-refractivity contribution in [2.75, 3.05) is 19.6 Å². The minimum Gasteiger partial charge on any atom is -0.465 e. The van der Waals surface area contributed by atoms with Gasteiger partial charge in [-0.1, -0.05) is 39.0 Å². The van der Waals surface area contributed by atoms with E-state index >= 15 is 0 Å². The molecule has 0 aromatic carbocycles. The highest BCUT2D eigenvalue weighted by Crippen LogP contribution is 2.28. The van der Waals surface area contributed by atoms with Crippen LogP contribution in [0.1, 0.15) is 71.1 Å². The molecule has 1 saturated carbocycles. The second-order valence-electron chi connectivity index (χ2n) is 7.36. The van der Waals surface area contributed by atoms with Gasteiger partial charge in [0.05, 0.1) is 0 Å². The Morgan fingerprint density at radius 1 is 1.18 bits per heavy atom. The van der Waals surface area contributed by atoms with Crippen LogP contribution >= 0.6 is 0 Å². The average Bonchev–Trinajstić information content (AvgIpc) is 2.49. The van der Waals surface area contributed by atoms with Crippen molar-refractivity contribution in [3.05, 3.63) is 0 Å². The van der Waals surface area contributed by atoms with Crippen LogP contribution in [0.4, 0.5) is 4.79 Å². The van der Waals surface area contributed by atoms with Gasteiger partial charge in [-0.25, -0.2) is 4.79 Å². The number of unbranched alkanes of at least 4 members (excludes halogenated alkanes) is 2. The number of hydrogen-bond acceptors (Lipinski definition) is 2. The number of carboxylic acid groups (broad SMARTS) is 1. The summed E-state index contributed by atoms with van der Waals surface area (Å²) in [5, 5.41) is 11.8. The van der Waals surface area contributed by atoms with Crippen LogP contribution < -0.4 is 5.32 Å². The van der Waals surface area contributed by atoms with Crippen LogP contribution in [-0.4, -0.2) is 41.8 Å². The number of likely N-dealkylation sites (tertiary alicyclic amines) is 1. The SMILES string of the molecule is CCCCC[C@@H]1CCCN(CC2CCCCC2NC(=O)O)C1. The summed E-state index contributed by atoms with van der Waals surface area (Å²) in [5.41, 5.74) is 0. The molecule has 2 N–H and O–H groups in total. The predicted octanol–water partition coefficient (Wildman–Crippen LogP) is 4.11. The third-order valence-electron chi connectivity index (χ3n) is 5.53. The Balaban J connectivity index is 1.78. The molecule has 2 fully saturated rings. The van der Waals surface area contributed by atoms with E-state index in [2.05, 4.69) is 17.1 Å². The van der Waals surface area contributed by atoms with Gasteiger partial charge < -0.3 is 15.3 Å². The Hall–Kier alpha value is -0.770. The molecule has 2 rings (SSSR count). The van der Waals surface area contributed by atoms with Gasteiger partial charge in [-0.2, -0.15) is 0 Å². The lowest BCUT2D eigenvalue weighted by atomic mass is 9.83. The summed E-state index contributed by atoms with van der Waals surface area (Å²) in [6.45, 7) is 5.81. The Labute approximate surface area is 135 Å². The maximum atomic E-state index is 11.0. The third kappa shape index (κ3) is 5.79. The molecular formula is C18H34N2O2. The molecule has 1 aliphatic heterocycles. The van der Waals surface area contributed by atoms with Gasteiger partial charge in [0.1, 0.15) is 0 Å². The van der Waals surface area contributed by atoms with Crippen molar-refractivity contribution in [3.8, 4) is 0 Å². The topological polar surface area (TPSA) is 52.6 Å². The molecule has 0 aromatic heterocycles. The molecule has 0 aromatic rings. The van der Waals surface area contributed by atoms with Crippen LogP contribution in [0.25, 0.3) is 0 Å². The molecule has 1 aliphatic carbocycles. The lowest BCUT2D eigenvalue weighted by Gasteiger charge is -2.39. The first-order valence-corrected chi connectivity index (χ1v) is 9.41. The third-order valence-corrected chi connectivity index (χ3v) is 5.53. The van der Waals surface area contributed by atoms with Gasteiger partial charge in [-0.05, 0) is 50.5 Å². The maximum Gasteiger partial charge on any atom is 0.404 e. The molecule has 22 heavy (non-hydrogen) atoms. The molecule has 1 saturated heterocycles. The minimum absolute atomic E-state index is 0.173. The Morgan fingerprint density at radius 2 is 2.00 bits per heavy atom. The molecule has 0 radical (unpaired) electrons. The predicted molar refractivity (Wildman–Crippen MR) is 90.2 cm³/mol. The van der Waals surface area contributed by atoms with E-state index in [-0.39, 0.29) is 6.04 Å². The largest absolute Gasteiger partial charge is 0.465 e. The molecule has 1 amide bonds. The van der Waals surface area contributed by atoms with Gasteiger partial charge >= 0.3 is 6.09 Å². The van der Waals surface area contributed by atoms with E-state index in [4.69, 9.17) is 5.11 Å². The zero-order chi connectivity index (χ0) is 15.8. The van der Waals surface area contributed by atoms with E-state index in [0.29, 0.717) is 5.92 Å². The number of rotatable bonds is 7. The van der Waals surface area contributed by atoms with E-state index in [1.807, 2.05) is 0 Å². The van der Waals surface area contributed by atoms with Gasteiger partial charge in [0.25, 0.3) is 0 Å². The van der Waals surface area contributed by atoms with E-state index in [0.717, 1.165) is 18.9 Å². The Bertz CT molecular complexity index is 335. The standard InChI is InChI=1S/C18H34N2O2/c1-2-3-4-8-15-9-7-12-20(13-15)14-16-10-5-6-11-17(16)19-18(21)22/h15-17,19H,2-14H2,1H3,(H,21,22)/t15-,16?,17?/m1/s1. The summed E-state index contributed by atoms with van der Waals surface area (Å²) in [4.78, 5) is 13.6. The highest BCUT2D eigenvalue weighted by molar-refractivity contribution is 5.64. The van der Waals surface area contributed by atoms with Crippen molar-refractivity contribution in [2.45, 2.75) is 77.2 Å². The number of hydrogen-bond donors (Lipinski definition) is 2. The first kappa shape index (κ1) is 17.6. The van der Waals surface area contributed by atoms with Crippen molar-refractivity contribution >= 4 is 6.09 Å². The fourth-order valence-electron chi connectivity index (χ4n) is 4.34. The first-order chi connectivity index (χ1) is 10.7. The van der Waals surface area contributed by atoms with Crippen molar-refractivity contribution in [3.63, 3.8) is 0 Å². The van der Waals surface area contributed by atoms with Gasteiger partial charge in [0.2, 0.25) is 0 Å². The Kier molecular flexibility index (Phi) is 7.50. The summed E-state index contributed by atoms with van der Waals surface area (Å²) >= 11 is 0. The highest BCUT2D eigenvalue weighted by atomic mass is 16.4. The van der Waals surface area contributed by atoms with Crippen molar-refractivity contribution in [1.82, 2.24) is 10.2 Å². The summed E-state index contributed by atoms with van der Waals surface area (Å²) in [5.74, 6) is 1.38. The maximum absolute atomic E-state index is 11.0. The minimum atomic E-state index is -0.854.